The van der Waals surface area contributed by atoms with Gasteiger partial charge in [0.05, 0.1) is 10.5 Å². The first-order valence-electron chi connectivity index (χ1n) is 10.3. The molecular formula is C22H22N4O4S. The van der Waals surface area contributed by atoms with Crippen LogP contribution in [0.1, 0.15) is 55.8 Å². The Balaban J connectivity index is 1.54. The molecule has 1 unspecified atom stereocenters. The highest BCUT2D eigenvalue weighted by atomic mass is 32.2. The van der Waals surface area contributed by atoms with Crippen LogP contribution in [0.5, 0.6) is 0 Å². The first-order chi connectivity index (χ1) is 14.9. The van der Waals surface area contributed by atoms with Crippen LogP contribution in [0.3, 0.4) is 0 Å². The molecule has 0 bridgehead atoms. The Kier molecular flexibility index (Phi) is 4.58. The second kappa shape index (κ2) is 7.19. The molecule has 2 aromatic rings. The molecule has 1 heterocycles. The average molecular weight is 439 g/mol. The molecule has 160 valence electrons. The van der Waals surface area contributed by atoms with Crippen molar-refractivity contribution in [3.63, 3.8) is 0 Å². The molecule has 0 saturated carbocycles. The van der Waals surface area contributed by atoms with Crippen molar-refractivity contribution in [2.75, 3.05) is 12.4 Å². The zero-order valence-electron chi connectivity index (χ0n) is 17.0. The van der Waals surface area contributed by atoms with E-state index in [1.807, 2.05) is 0 Å². The van der Waals surface area contributed by atoms with Gasteiger partial charge in [0.2, 0.25) is 0 Å². The zero-order valence-corrected chi connectivity index (χ0v) is 17.9. The van der Waals surface area contributed by atoms with E-state index in [0.29, 0.717) is 0 Å². The highest BCUT2D eigenvalue weighted by Crippen LogP contribution is 2.38. The second-order valence-electron chi connectivity index (χ2n) is 8.00. The number of amides is 4. The Hall–Kier alpha value is -3.20. The van der Waals surface area contributed by atoms with E-state index in [9.17, 15) is 18.6 Å². The van der Waals surface area contributed by atoms with Crippen LogP contribution in [0.4, 0.5) is 10.5 Å². The van der Waals surface area contributed by atoms with E-state index in [-0.39, 0.29) is 21.9 Å². The first-order valence-corrected chi connectivity index (χ1v) is 11.8. The van der Waals surface area contributed by atoms with E-state index in [1.165, 1.54) is 36.4 Å². The van der Waals surface area contributed by atoms with Gasteiger partial charge in [0.15, 0.2) is 9.92 Å². The van der Waals surface area contributed by atoms with Crippen molar-refractivity contribution in [1.82, 2.24) is 10.0 Å². The van der Waals surface area contributed by atoms with Gasteiger partial charge in [-0.15, -0.1) is 4.36 Å². The number of urea groups is 1. The molecule has 2 aliphatic carbocycles. The summed E-state index contributed by atoms with van der Waals surface area (Å²) in [5.74, 6) is -0.967. The molecule has 1 atom stereocenters. The van der Waals surface area contributed by atoms with E-state index >= 15 is 0 Å². The minimum atomic E-state index is -3.54. The maximum atomic E-state index is 13.5. The maximum Gasteiger partial charge on any atom is 0.355 e. The summed E-state index contributed by atoms with van der Waals surface area (Å²) in [5.41, 5.74) is 5.97. The number of rotatable bonds is 2. The van der Waals surface area contributed by atoms with Crippen molar-refractivity contribution < 1.29 is 18.6 Å². The Labute approximate surface area is 180 Å². The van der Waals surface area contributed by atoms with Gasteiger partial charge in [0.1, 0.15) is 0 Å². The highest BCUT2D eigenvalue weighted by molar-refractivity contribution is 7.93. The fourth-order valence-electron chi connectivity index (χ4n) is 4.75. The molecule has 0 saturated heterocycles. The van der Waals surface area contributed by atoms with Crippen LogP contribution in [0.25, 0.3) is 0 Å². The molecule has 0 radical (unpaired) electrons. The van der Waals surface area contributed by atoms with Crippen LogP contribution in [0.2, 0.25) is 0 Å². The monoisotopic (exact) mass is 438 g/mol. The van der Waals surface area contributed by atoms with Crippen molar-refractivity contribution >= 4 is 33.4 Å². The molecule has 2 aromatic carbocycles. The average Bonchev–Trinajstić information content (AvgIpc) is 3.46. The third-order valence-electron chi connectivity index (χ3n) is 6.16. The van der Waals surface area contributed by atoms with Crippen LogP contribution >= 0.6 is 0 Å². The molecule has 9 heteroatoms. The summed E-state index contributed by atoms with van der Waals surface area (Å²) in [6.07, 6.45) is 5.85. The van der Waals surface area contributed by atoms with Gasteiger partial charge in [-0.05, 0) is 79.0 Å². The fraction of sp³-hybridized carbons (Fsp3) is 0.318. The predicted octanol–water partition coefficient (Wildman–Crippen LogP) is 2.74. The topological polar surface area (TPSA) is 117 Å². The van der Waals surface area contributed by atoms with E-state index in [1.54, 1.807) is 0 Å². The number of hydrogen-bond donors (Lipinski definition) is 3. The SMILES string of the molecule is CNC(=O)c1ccc2c(c1)S(=O)(=NC(=O)Nc1c3c(cc4c1CCC4)CCC3)NC2=O. The summed E-state index contributed by atoms with van der Waals surface area (Å²) in [4.78, 5) is 37.2. The van der Waals surface area contributed by atoms with Gasteiger partial charge < -0.3 is 10.6 Å². The number of hydrogen-bond acceptors (Lipinski definition) is 4. The molecule has 31 heavy (non-hydrogen) atoms. The van der Waals surface area contributed by atoms with Crippen LogP contribution in [-0.2, 0) is 35.6 Å². The lowest BCUT2D eigenvalue weighted by molar-refractivity contribution is 0.0957. The lowest BCUT2D eigenvalue weighted by Gasteiger charge is -2.15. The van der Waals surface area contributed by atoms with Gasteiger partial charge in [0, 0.05) is 18.3 Å². The largest absolute Gasteiger partial charge is 0.355 e. The number of anilines is 1. The molecule has 3 aliphatic rings. The van der Waals surface area contributed by atoms with E-state index < -0.39 is 21.9 Å². The smallest absolute Gasteiger partial charge is 0.355 e. The maximum absolute atomic E-state index is 13.5. The van der Waals surface area contributed by atoms with Gasteiger partial charge in [-0.2, -0.15) is 0 Å². The molecule has 8 nitrogen and oxygen atoms in total. The molecule has 0 aromatic heterocycles. The Morgan fingerprint density at radius 3 is 2.35 bits per heavy atom. The number of fused-ring (bicyclic) bond motifs is 3. The number of aryl methyl sites for hydroxylation is 2. The van der Waals surface area contributed by atoms with Crippen molar-refractivity contribution in [2.24, 2.45) is 4.36 Å². The second-order valence-corrected chi connectivity index (χ2v) is 9.88. The van der Waals surface area contributed by atoms with Crippen molar-refractivity contribution in [2.45, 2.75) is 43.4 Å². The summed E-state index contributed by atoms with van der Waals surface area (Å²) in [5, 5.41) is 5.36. The number of nitrogens with one attached hydrogen (secondary N) is 3. The van der Waals surface area contributed by atoms with Gasteiger partial charge in [-0.1, -0.05) is 6.07 Å². The Morgan fingerprint density at radius 1 is 1.03 bits per heavy atom. The standard InChI is InChI=1S/C22H22N4O4S/c1-23-20(27)14-8-9-17-18(11-14)31(30,25-21(17)28)26-22(29)24-19-15-6-2-4-12(15)10-13-5-3-7-16(13)19/h8-11H,2-7H2,1H3,(H,23,27)(H2,24,25,26,28,29,30). The zero-order chi connectivity index (χ0) is 21.8. The van der Waals surface area contributed by atoms with E-state index in [2.05, 4.69) is 25.8 Å². The third kappa shape index (κ3) is 3.20. The molecule has 1 aliphatic heterocycles. The summed E-state index contributed by atoms with van der Waals surface area (Å²) in [6.45, 7) is 0. The van der Waals surface area contributed by atoms with E-state index in [0.717, 1.165) is 55.3 Å². The summed E-state index contributed by atoms with van der Waals surface area (Å²) >= 11 is 0. The van der Waals surface area contributed by atoms with Gasteiger partial charge in [-0.3, -0.25) is 14.3 Å². The minimum Gasteiger partial charge on any atom is -0.355 e. The highest BCUT2D eigenvalue weighted by Gasteiger charge is 2.33. The van der Waals surface area contributed by atoms with Gasteiger partial charge in [0.25, 0.3) is 11.8 Å². The molecule has 4 amide bonds. The molecule has 5 rings (SSSR count). The quantitative estimate of drug-likeness (QED) is 0.668. The summed E-state index contributed by atoms with van der Waals surface area (Å²) < 4.78 is 19.7. The number of carbonyl (C=O) groups is 3. The lowest BCUT2D eigenvalue weighted by atomic mass is 9.99. The molecule has 0 fully saturated rings. The number of nitrogens with zero attached hydrogens (tertiary/aromatic N) is 1. The lowest BCUT2D eigenvalue weighted by Crippen LogP contribution is -2.23. The van der Waals surface area contributed by atoms with Crippen molar-refractivity contribution in [1.29, 1.82) is 0 Å². The molecular weight excluding hydrogens is 416 g/mol. The molecule has 0 spiro atoms. The van der Waals surface area contributed by atoms with Crippen molar-refractivity contribution in [3.05, 3.63) is 57.6 Å². The summed E-state index contributed by atoms with van der Waals surface area (Å²) in [6, 6.07) is 5.73. The minimum absolute atomic E-state index is 0.0530. The fourth-order valence-corrected chi connectivity index (χ4v) is 6.39. The first kappa shape index (κ1) is 19.7. The third-order valence-corrected chi connectivity index (χ3v) is 7.98. The van der Waals surface area contributed by atoms with Crippen LogP contribution in [0.15, 0.2) is 33.5 Å². The van der Waals surface area contributed by atoms with Gasteiger partial charge >= 0.3 is 6.03 Å². The number of benzene rings is 2. The van der Waals surface area contributed by atoms with Crippen LogP contribution in [-0.4, -0.2) is 29.1 Å². The predicted molar refractivity (Wildman–Crippen MR) is 116 cm³/mol. The van der Waals surface area contributed by atoms with Crippen LogP contribution < -0.4 is 15.4 Å². The normalized spacial score (nSPS) is 20.5. The van der Waals surface area contributed by atoms with Crippen LogP contribution in [0, 0.1) is 0 Å². The van der Waals surface area contributed by atoms with E-state index in [4.69, 9.17) is 0 Å². The Morgan fingerprint density at radius 2 is 1.71 bits per heavy atom. The van der Waals surface area contributed by atoms with Crippen molar-refractivity contribution in [3.8, 4) is 0 Å². The van der Waals surface area contributed by atoms with Gasteiger partial charge in [-0.25, -0.2) is 9.00 Å². The molecule has 3 N–H and O–H groups in total. The summed E-state index contributed by atoms with van der Waals surface area (Å²) in [7, 11) is -2.06. The Bertz CT molecular complexity index is 1260. The number of carbonyl (C=O) groups excluding carboxylic acids is 3.